The van der Waals surface area contributed by atoms with Crippen molar-refractivity contribution in [3.63, 3.8) is 0 Å². The van der Waals surface area contributed by atoms with Gasteiger partial charge in [-0.3, -0.25) is 4.90 Å². The summed E-state index contributed by atoms with van der Waals surface area (Å²) < 4.78 is 0. The van der Waals surface area contributed by atoms with Gasteiger partial charge in [0.15, 0.2) is 0 Å². The molecular weight excluding hydrogens is 336 g/mol. The summed E-state index contributed by atoms with van der Waals surface area (Å²) in [5.41, 5.74) is 3.11. The Balaban J connectivity index is 1.56. The van der Waals surface area contributed by atoms with Crippen molar-refractivity contribution in [3.05, 3.63) is 58.6 Å². The summed E-state index contributed by atoms with van der Waals surface area (Å²) in [4.78, 5) is 7.78. The molecule has 4 rings (SSSR count). The van der Waals surface area contributed by atoms with Crippen molar-refractivity contribution in [2.75, 3.05) is 33.2 Å². The maximum atomic E-state index is 6.01. The highest BCUT2D eigenvalue weighted by molar-refractivity contribution is 7.99. The molecule has 1 saturated heterocycles. The van der Waals surface area contributed by atoms with E-state index in [1.807, 2.05) is 23.9 Å². The van der Waals surface area contributed by atoms with E-state index in [0.29, 0.717) is 6.04 Å². The van der Waals surface area contributed by atoms with Crippen LogP contribution in [0.2, 0.25) is 5.02 Å². The van der Waals surface area contributed by atoms with E-state index in [9.17, 15) is 0 Å². The molecule has 2 aromatic carbocycles. The first kappa shape index (κ1) is 16.5. The molecule has 1 heterocycles. The summed E-state index contributed by atoms with van der Waals surface area (Å²) in [5, 5.41) is 0.799. The minimum atomic E-state index is 0.611. The molecule has 0 radical (unpaired) electrons. The molecule has 0 unspecified atom stereocenters. The van der Waals surface area contributed by atoms with E-state index in [4.69, 9.17) is 11.6 Å². The summed E-state index contributed by atoms with van der Waals surface area (Å²) >= 11 is 7.87. The summed E-state index contributed by atoms with van der Waals surface area (Å²) in [6.45, 7) is 4.75. The van der Waals surface area contributed by atoms with Gasteiger partial charge >= 0.3 is 0 Å². The molecule has 126 valence electrons. The maximum absolute atomic E-state index is 6.01. The average molecular weight is 359 g/mol. The highest BCUT2D eigenvalue weighted by atomic mass is 35.5. The van der Waals surface area contributed by atoms with E-state index in [-0.39, 0.29) is 0 Å². The van der Waals surface area contributed by atoms with E-state index in [2.05, 4.69) is 47.2 Å². The van der Waals surface area contributed by atoms with Crippen molar-refractivity contribution in [1.29, 1.82) is 0 Å². The lowest BCUT2D eigenvalue weighted by Gasteiger charge is -2.36. The Morgan fingerprint density at radius 1 is 1.00 bits per heavy atom. The highest BCUT2D eigenvalue weighted by Crippen LogP contribution is 2.42. The fraction of sp³-hybridized carbons (Fsp3) is 0.400. The van der Waals surface area contributed by atoms with Crippen molar-refractivity contribution in [2.45, 2.75) is 28.7 Å². The number of hydrogen-bond acceptors (Lipinski definition) is 3. The van der Waals surface area contributed by atoms with Gasteiger partial charge in [-0.2, -0.15) is 0 Å². The lowest BCUT2D eigenvalue weighted by atomic mass is 10.1. The summed E-state index contributed by atoms with van der Waals surface area (Å²) in [6, 6.07) is 15.6. The van der Waals surface area contributed by atoms with Crippen molar-refractivity contribution in [1.82, 2.24) is 9.80 Å². The van der Waals surface area contributed by atoms with Crippen LogP contribution in [0.15, 0.2) is 52.3 Å². The Morgan fingerprint density at radius 3 is 2.50 bits per heavy atom. The zero-order chi connectivity index (χ0) is 16.5. The van der Waals surface area contributed by atoms with E-state index < -0.39 is 0 Å². The van der Waals surface area contributed by atoms with Gasteiger partial charge < -0.3 is 4.90 Å². The van der Waals surface area contributed by atoms with Crippen LogP contribution in [0.4, 0.5) is 0 Å². The SMILES string of the molecule is CN1CCN([C@H]2CCc3c(Sc4ccc(Cl)cc4)cccc32)CC1. The normalized spacial score (nSPS) is 21.8. The molecular formula is C20H23ClN2S. The second kappa shape index (κ2) is 7.09. The van der Waals surface area contributed by atoms with Crippen LogP contribution >= 0.6 is 23.4 Å². The van der Waals surface area contributed by atoms with E-state index in [1.54, 1.807) is 11.1 Å². The number of halogens is 1. The zero-order valence-electron chi connectivity index (χ0n) is 14.0. The molecule has 1 aliphatic heterocycles. The van der Waals surface area contributed by atoms with Gasteiger partial charge in [-0.1, -0.05) is 35.5 Å². The Kier molecular flexibility index (Phi) is 4.86. The summed E-state index contributed by atoms with van der Waals surface area (Å²) in [7, 11) is 2.22. The van der Waals surface area contributed by atoms with Crippen LogP contribution in [0.3, 0.4) is 0 Å². The monoisotopic (exact) mass is 358 g/mol. The van der Waals surface area contributed by atoms with Crippen LogP contribution in [-0.2, 0) is 6.42 Å². The van der Waals surface area contributed by atoms with Crippen LogP contribution in [0.1, 0.15) is 23.6 Å². The molecule has 1 fully saturated rings. The fourth-order valence-corrected chi connectivity index (χ4v) is 4.98. The summed E-state index contributed by atoms with van der Waals surface area (Å²) in [6.07, 6.45) is 2.46. The van der Waals surface area contributed by atoms with Crippen molar-refractivity contribution in [3.8, 4) is 0 Å². The van der Waals surface area contributed by atoms with E-state index >= 15 is 0 Å². The molecule has 0 bridgehead atoms. The number of rotatable bonds is 3. The van der Waals surface area contributed by atoms with Gasteiger partial charge in [-0.15, -0.1) is 0 Å². The molecule has 2 aliphatic rings. The smallest absolute Gasteiger partial charge is 0.0406 e. The first-order chi connectivity index (χ1) is 11.7. The first-order valence-electron chi connectivity index (χ1n) is 8.68. The lowest BCUT2D eigenvalue weighted by Crippen LogP contribution is -2.45. The minimum Gasteiger partial charge on any atom is -0.304 e. The Bertz CT molecular complexity index is 708. The second-order valence-electron chi connectivity index (χ2n) is 6.77. The van der Waals surface area contributed by atoms with Gasteiger partial charge in [-0.25, -0.2) is 0 Å². The molecule has 0 spiro atoms. The van der Waals surface area contributed by atoms with Crippen LogP contribution in [-0.4, -0.2) is 43.0 Å². The van der Waals surface area contributed by atoms with Gasteiger partial charge in [0.2, 0.25) is 0 Å². The van der Waals surface area contributed by atoms with Crippen LogP contribution < -0.4 is 0 Å². The molecule has 0 N–H and O–H groups in total. The Labute approximate surface area is 153 Å². The molecule has 24 heavy (non-hydrogen) atoms. The third-order valence-corrected chi connectivity index (χ3v) is 6.58. The van der Waals surface area contributed by atoms with Crippen LogP contribution in [0.5, 0.6) is 0 Å². The third kappa shape index (κ3) is 3.36. The standard InChI is InChI=1S/C20H23ClN2S/c1-22-11-13-23(14-12-22)19-10-9-18-17(19)3-2-4-20(18)24-16-7-5-15(21)6-8-16/h2-8,19H,9-14H2,1H3/t19-/m0/s1. The van der Waals surface area contributed by atoms with Crippen molar-refractivity contribution >= 4 is 23.4 Å². The molecule has 2 aromatic rings. The van der Waals surface area contributed by atoms with Crippen LogP contribution in [0, 0.1) is 0 Å². The third-order valence-electron chi connectivity index (χ3n) is 5.22. The van der Waals surface area contributed by atoms with Gasteiger partial charge in [0, 0.05) is 47.0 Å². The molecule has 1 aliphatic carbocycles. The molecule has 2 nitrogen and oxygen atoms in total. The molecule has 0 amide bonds. The fourth-order valence-electron chi connectivity index (χ4n) is 3.84. The zero-order valence-corrected chi connectivity index (χ0v) is 15.6. The van der Waals surface area contributed by atoms with Gasteiger partial charge in [-0.05, 0) is 61.3 Å². The van der Waals surface area contributed by atoms with E-state index in [0.717, 1.165) is 5.02 Å². The number of hydrogen-bond donors (Lipinski definition) is 0. The van der Waals surface area contributed by atoms with Gasteiger partial charge in [0.25, 0.3) is 0 Å². The Hall–Kier alpha value is -1.00. The topological polar surface area (TPSA) is 6.48 Å². The quantitative estimate of drug-likeness (QED) is 0.783. The maximum Gasteiger partial charge on any atom is 0.0406 e. The lowest BCUT2D eigenvalue weighted by molar-refractivity contribution is 0.111. The number of fused-ring (bicyclic) bond motifs is 1. The van der Waals surface area contributed by atoms with Gasteiger partial charge in [0.1, 0.15) is 0 Å². The average Bonchev–Trinajstić information content (AvgIpc) is 3.03. The van der Waals surface area contributed by atoms with Crippen LogP contribution in [0.25, 0.3) is 0 Å². The number of nitrogens with zero attached hydrogens (tertiary/aromatic N) is 2. The second-order valence-corrected chi connectivity index (χ2v) is 8.33. The minimum absolute atomic E-state index is 0.611. The van der Waals surface area contributed by atoms with Gasteiger partial charge in [0.05, 0.1) is 0 Å². The molecule has 0 aromatic heterocycles. The largest absolute Gasteiger partial charge is 0.304 e. The highest BCUT2D eigenvalue weighted by Gasteiger charge is 2.30. The first-order valence-corrected chi connectivity index (χ1v) is 9.88. The Morgan fingerprint density at radius 2 is 1.75 bits per heavy atom. The predicted molar refractivity (Wildman–Crippen MR) is 102 cm³/mol. The molecule has 4 heteroatoms. The number of piperazine rings is 1. The molecule has 1 atom stereocenters. The van der Waals surface area contributed by atoms with Crippen molar-refractivity contribution < 1.29 is 0 Å². The molecule has 0 saturated carbocycles. The number of benzene rings is 2. The van der Waals surface area contributed by atoms with E-state index in [1.165, 1.54) is 48.8 Å². The number of likely N-dealkylation sites (N-methyl/N-ethyl adjacent to an activating group) is 1. The predicted octanol–water partition coefficient (Wildman–Crippen LogP) is 4.73. The van der Waals surface area contributed by atoms with Crippen molar-refractivity contribution in [2.24, 2.45) is 0 Å². The summed E-state index contributed by atoms with van der Waals surface area (Å²) in [5.74, 6) is 0.